The molecule has 1 aliphatic heterocycles. The number of nitrogens with zero attached hydrogens (tertiary/aromatic N) is 4. The predicted octanol–water partition coefficient (Wildman–Crippen LogP) is 1.80. The Kier molecular flexibility index (Phi) is 3.77. The fourth-order valence-corrected chi connectivity index (χ4v) is 2.50. The molecule has 7 nitrogen and oxygen atoms in total. The number of carbonyl (C=O) groups is 1. The third kappa shape index (κ3) is 2.54. The van der Waals surface area contributed by atoms with Gasteiger partial charge in [-0.15, -0.1) is 0 Å². The Morgan fingerprint density at radius 1 is 1.43 bits per heavy atom. The highest BCUT2D eigenvalue weighted by atomic mass is 19.1. The number of carbonyl (C=O) groups excluding carboxylic acids is 1. The molecule has 0 spiro atoms. The number of tetrazole rings is 1. The van der Waals surface area contributed by atoms with Gasteiger partial charge in [-0.1, -0.05) is 5.10 Å². The van der Waals surface area contributed by atoms with Crippen molar-refractivity contribution in [3.63, 3.8) is 0 Å². The Bertz CT molecular complexity index is 802. The van der Waals surface area contributed by atoms with Crippen molar-refractivity contribution in [1.82, 2.24) is 20.2 Å². The fraction of sp³-hybridized carbons (Fsp3) is 0.286. The number of rotatable bonds is 3. The first kappa shape index (κ1) is 15.1. The first-order valence-electron chi connectivity index (χ1n) is 6.90. The van der Waals surface area contributed by atoms with Crippen LogP contribution in [0.1, 0.15) is 25.5 Å². The normalized spacial score (nSPS) is 16.8. The quantitative estimate of drug-likeness (QED) is 0.868. The number of halogens is 2. The number of nitrogens with one attached hydrogen (secondary N) is 1. The van der Waals surface area contributed by atoms with Gasteiger partial charge in [-0.2, -0.15) is 4.68 Å². The largest absolute Gasteiger partial charge is 0.463 e. The molecule has 0 fully saturated rings. The lowest BCUT2D eigenvalue weighted by atomic mass is 9.95. The average molecular weight is 321 g/mol. The topological polar surface area (TPSA) is 81.9 Å². The van der Waals surface area contributed by atoms with Gasteiger partial charge in [-0.05, 0) is 42.5 Å². The van der Waals surface area contributed by atoms with E-state index in [2.05, 4.69) is 20.8 Å². The van der Waals surface area contributed by atoms with E-state index in [9.17, 15) is 13.6 Å². The molecule has 0 unspecified atom stereocenters. The SMILES string of the molecule is CCOC(=O)C1=C(C)Nc2nnnn2[C@@H]1c1cc(F)ccc1F. The molecule has 1 aliphatic rings. The molecule has 1 aromatic carbocycles. The molecular formula is C14H13F2N5O2. The maximum absolute atomic E-state index is 14.3. The van der Waals surface area contributed by atoms with Crippen LogP contribution >= 0.6 is 0 Å². The number of aromatic nitrogens is 4. The van der Waals surface area contributed by atoms with Crippen molar-refractivity contribution in [3.05, 3.63) is 46.7 Å². The Hall–Kier alpha value is -2.84. The van der Waals surface area contributed by atoms with Crippen molar-refractivity contribution in [1.29, 1.82) is 0 Å². The van der Waals surface area contributed by atoms with Crippen molar-refractivity contribution in [2.45, 2.75) is 19.9 Å². The van der Waals surface area contributed by atoms with Gasteiger partial charge in [0, 0.05) is 11.3 Å². The number of hydrogen-bond acceptors (Lipinski definition) is 6. The summed E-state index contributed by atoms with van der Waals surface area (Å²) in [6.07, 6.45) is 0. The van der Waals surface area contributed by atoms with Crippen LogP contribution in [0.25, 0.3) is 0 Å². The summed E-state index contributed by atoms with van der Waals surface area (Å²) in [5.74, 6) is -1.72. The highest BCUT2D eigenvalue weighted by Crippen LogP contribution is 2.36. The standard InChI is InChI=1S/C14H13F2N5O2/c1-3-23-13(22)11-7(2)17-14-18-19-20-21(14)12(11)9-6-8(15)4-5-10(9)16/h4-6,12H,3H2,1-2H3,(H,17,18,20)/t12-/m1/s1. The van der Waals surface area contributed by atoms with E-state index in [1.165, 1.54) is 4.68 Å². The summed E-state index contributed by atoms with van der Waals surface area (Å²) in [7, 11) is 0. The molecule has 1 atom stereocenters. The van der Waals surface area contributed by atoms with E-state index in [-0.39, 0.29) is 23.7 Å². The predicted molar refractivity (Wildman–Crippen MR) is 75.3 cm³/mol. The van der Waals surface area contributed by atoms with Crippen LogP contribution in [0.3, 0.4) is 0 Å². The minimum Gasteiger partial charge on any atom is -0.463 e. The molecule has 2 aromatic rings. The molecule has 2 heterocycles. The number of anilines is 1. The van der Waals surface area contributed by atoms with E-state index in [4.69, 9.17) is 4.74 Å². The number of fused-ring (bicyclic) bond motifs is 1. The van der Waals surface area contributed by atoms with Gasteiger partial charge in [0.05, 0.1) is 12.2 Å². The van der Waals surface area contributed by atoms with Gasteiger partial charge in [-0.25, -0.2) is 13.6 Å². The first-order valence-corrected chi connectivity index (χ1v) is 6.90. The second kappa shape index (κ2) is 5.75. The van der Waals surface area contributed by atoms with Gasteiger partial charge >= 0.3 is 5.97 Å². The average Bonchev–Trinajstić information content (AvgIpc) is 2.96. The van der Waals surface area contributed by atoms with E-state index < -0.39 is 23.6 Å². The summed E-state index contributed by atoms with van der Waals surface area (Å²) in [6.45, 7) is 3.43. The fourth-order valence-electron chi connectivity index (χ4n) is 2.50. The number of hydrogen-bond donors (Lipinski definition) is 1. The van der Waals surface area contributed by atoms with Crippen molar-refractivity contribution in [2.24, 2.45) is 0 Å². The van der Waals surface area contributed by atoms with Crippen LogP contribution in [0.5, 0.6) is 0 Å². The molecule has 0 saturated carbocycles. The molecule has 9 heteroatoms. The second-order valence-electron chi connectivity index (χ2n) is 4.90. The molecule has 0 saturated heterocycles. The molecule has 1 N–H and O–H groups in total. The van der Waals surface area contributed by atoms with E-state index in [0.29, 0.717) is 5.70 Å². The monoisotopic (exact) mass is 321 g/mol. The number of ether oxygens (including phenoxy) is 1. The lowest BCUT2D eigenvalue weighted by Crippen LogP contribution is -2.30. The minimum absolute atomic E-state index is 0.0533. The molecule has 0 radical (unpaired) electrons. The summed E-state index contributed by atoms with van der Waals surface area (Å²) >= 11 is 0. The van der Waals surface area contributed by atoms with Crippen molar-refractivity contribution >= 4 is 11.9 Å². The molecule has 0 bridgehead atoms. The molecule has 0 amide bonds. The van der Waals surface area contributed by atoms with Gasteiger partial charge in [0.15, 0.2) is 0 Å². The van der Waals surface area contributed by atoms with Crippen LogP contribution in [0.4, 0.5) is 14.7 Å². The highest BCUT2D eigenvalue weighted by molar-refractivity contribution is 5.92. The number of benzene rings is 1. The zero-order valence-electron chi connectivity index (χ0n) is 12.4. The van der Waals surface area contributed by atoms with Gasteiger partial charge in [-0.3, -0.25) is 0 Å². The zero-order valence-corrected chi connectivity index (χ0v) is 12.4. The molecule has 23 heavy (non-hydrogen) atoms. The van der Waals surface area contributed by atoms with Crippen LogP contribution < -0.4 is 5.32 Å². The van der Waals surface area contributed by atoms with E-state index in [1.54, 1.807) is 13.8 Å². The van der Waals surface area contributed by atoms with E-state index in [0.717, 1.165) is 18.2 Å². The second-order valence-corrected chi connectivity index (χ2v) is 4.90. The Morgan fingerprint density at radius 3 is 2.96 bits per heavy atom. The minimum atomic E-state index is -1.02. The van der Waals surface area contributed by atoms with Crippen LogP contribution in [0, 0.1) is 11.6 Å². The Balaban J connectivity index is 2.20. The smallest absolute Gasteiger partial charge is 0.338 e. The Labute approximate surface area is 129 Å². The molecular weight excluding hydrogens is 308 g/mol. The summed E-state index contributed by atoms with van der Waals surface area (Å²) in [4.78, 5) is 12.3. The van der Waals surface area contributed by atoms with Crippen molar-refractivity contribution in [3.8, 4) is 0 Å². The van der Waals surface area contributed by atoms with E-state index >= 15 is 0 Å². The molecule has 1 aromatic heterocycles. The van der Waals surface area contributed by atoms with Gasteiger partial charge in [0.1, 0.15) is 17.7 Å². The van der Waals surface area contributed by atoms with E-state index in [1.807, 2.05) is 0 Å². The summed E-state index contributed by atoms with van der Waals surface area (Å²) in [5, 5.41) is 13.9. The Morgan fingerprint density at radius 2 is 2.22 bits per heavy atom. The first-order chi connectivity index (χ1) is 11.0. The summed E-state index contributed by atoms with van der Waals surface area (Å²) < 4.78 is 34.1. The van der Waals surface area contributed by atoms with Crippen molar-refractivity contribution in [2.75, 3.05) is 11.9 Å². The van der Waals surface area contributed by atoms with Crippen LogP contribution in [0.15, 0.2) is 29.5 Å². The number of esters is 1. The van der Waals surface area contributed by atoms with Gasteiger partial charge < -0.3 is 10.1 Å². The maximum atomic E-state index is 14.3. The summed E-state index contributed by atoms with van der Waals surface area (Å²) in [5.41, 5.74) is 0.484. The number of allylic oxidation sites excluding steroid dienone is 1. The third-order valence-electron chi connectivity index (χ3n) is 3.46. The lowest BCUT2D eigenvalue weighted by molar-refractivity contribution is -0.139. The molecule has 120 valence electrons. The van der Waals surface area contributed by atoms with Gasteiger partial charge in [0.25, 0.3) is 0 Å². The lowest BCUT2D eigenvalue weighted by Gasteiger charge is -2.27. The maximum Gasteiger partial charge on any atom is 0.338 e. The van der Waals surface area contributed by atoms with Gasteiger partial charge in [0.2, 0.25) is 5.95 Å². The zero-order chi connectivity index (χ0) is 16.6. The summed E-state index contributed by atoms with van der Waals surface area (Å²) in [6, 6.07) is 2.00. The third-order valence-corrected chi connectivity index (χ3v) is 3.46. The highest BCUT2D eigenvalue weighted by Gasteiger charge is 2.36. The van der Waals surface area contributed by atoms with Crippen molar-refractivity contribution < 1.29 is 18.3 Å². The van der Waals surface area contributed by atoms with Crippen LogP contribution in [0.2, 0.25) is 0 Å². The molecule has 3 rings (SSSR count). The molecule has 0 aliphatic carbocycles. The van der Waals surface area contributed by atoms with Crippen LogP contribution in [-0.2, 0) is 9.53 Å². The van der Waals surface area contributed by atoms with Crippen LogP contribution in [-0.4, -0.2) is 32.8 Å².